The van der Waals surface area contributed by atoms with E-state index in [9.17, 15) is 0 Å². The Morgan fingerprint density at radius 2 is 1.25 bits per heavy atom. The smallest absolute Gasteiger partial charge is 0.163 e. The van der Waals surface area contributed by atoms with Gasteiger partial charge in [-0.15, -0.1) is 22.7 Å². The first kappa shape index (κ1) is 21.2. The summed E-state index contributed by atoms with van der Waals surface area (Å²) in [5, 5.41) is 0. The summed E-state index contributed by atoms with van der Waals surface area (Å²) in [5.41, 5.74) is 5.89. The van der Waals surface area contributed by atoms with Crippen molar-refractivity contribution in [2.45, 2.75) is 26.2 Å². The van der Waals surface area contributed by atoms with E-state index in [-0.39, 0.29) is 5.41 Å². The molecule has 0 unspecified atom stereocenters. The maximum atomic E-state index is 6.13. The van der Waals surface area contributed by atoms with Crippen LogP contribution < -0.4 is 9.47 Å². The molecule has 32 heavy (non-hydrogen) atoms. The van der Waals surface area contributed by atoms with E-state index in [2.05, 4.69) is 86.5 Å². The number of aromatic nitrogens is 2. The van der Waals surface area contributed by atoms with Crippen LogP contribution in [-0.2, 0) is 19.5 Å². The molecule has 3 aromatic carbocycles. The first-order valence-corrected chi connectivity index (χ1v) is 12.3. The van der Waals surface area contributed by atoms with Gasteiger partial charge >= 0.3 is 0 Å². The number of aryl methyl sites for hydroxylation is 2. The minimum atomic E-state index is 0.0249. The molecule has 0 fully saturated rings. The maximum absolute atomic E-state index is 6.13. The van der Waals surface area contributed by atoms with Crippen LogP contribution in [0.2, 0.25) is 0 Å². The van der Waals surface area contributed by atoms with Crippen molar-refractivity contribution >= 4 is 63.5 Å². The third kappa shape index (κ3) is 2.93. The quantitative estimate of drug-likeness (QED) is 0.252. The van der Waals surface area contributed by atoms with Gasteiger partial charge in [-0.25, -0.2) is 0 Å². The molecule has 0 amide bonds. The van der Waals surface area contributed by atoms with Gasteiger partial charge in [0.05, 0.1) is 44.1 Å². The van der Waals surface area contributed by atoms with Crippen molar-refractivity contribution in [3.63, 3.8) is 0 Å². The molecule has 6 heteroatoms. The molecular weight excluding hydrogens is 436 g/mol. The number of nitrogens with zero attached hydrogens (tertiary/aromatic N) is 2. The predicted octanol–water partition coefficient (Wildman–Crippen LogP) is 7.54. The summed E-state index contributed by atoms with van der Waals surface area (Å²) in [6, 6.07) is 15.1. The lowest BCUT2D eigenvalue weighted by molar-refractivity contribution is 0.416. The number of methoxy groups -OCH3 is 2. The van der Waals surface area contributed by atoms with E-state index < -0.39 is 0 Å². The second-order valence-electron chi connectivity index (χ2n) is 9.11. The molecule has 0 radical (unpaired) electrons. The Morgan fingerprint density at radius 3 is 1.88 bits per heavy atom. The predicted molar refractivity (Wildman–Crippen MR) is 140 cm³/mol. The molecule has 0 atom stereocenters. The van der Waals surface area contributed by atoms with Gasteiger partial charge in [-0.2, -0.15) is 0 Å². The van der Waals surface area contributed by atoms with Gasteiger partial charge in [-0.05, 0) is 29.2 Å². The van der Waals surface area contributed by atoms with Crippen LogP contribution in [-0.4, -0.2) is 23.4 Å². The molecular formula is C26H28N2O2S2. The lowest BCUT2D eigenvalue weighted by atomic mass is 9.86. The highest BCUT2D eigenvalue weighted by atomic mass is 32.1. The Morgan fingerprint density at radius 1 is 0.688 bits per heavy atom. The van der Waals surface area contributed by atoms with Gasteiger partial charge in [-0.1, -0.05) is 45.0 Å². The first-order chi connectivity index (χ1) is 15.3. The Balaban J connectivity index is 2.11. The minimum Gasteiger partial charge on any atom is -0.493 e. The van der Waals surface area contributed by atoms with Crippen molar-refractivity contribution in [1.82, 2.24) is 9.13 Å². The number of benzene rings is 3. The average Bonchev–Trinajstić information content (AvgIpc) is 2.77. The lowest BCUT2D eigenvalue weighted by Crippen LogP contribution is -2.14. The monoisotopic (exact) mass is 464 g/mol. The number of ether oxygens (including phenoxy) is 2. The van der Waals surface area contributed by atoms with Crippen LogP contribution >= 0.6 is 22.7 Å². The Labute approximate surface area is 195 Å². The van der Waals surface area contributed by atoms with Crippen molar-refractivity contribution in [2.24, 2.45) is 14.1 Å². The van der Waals surface area contributed by atoms with Gasteiger partial charge in [0.1, 0.15) is 11.0 Å². The van der Waals surface area contributed by atoms with E-state index in [0.717, 1.165) is 31.9 Å². The summed E-state index contributed by atoms with van der Waals surface area (Å²) in [7, 11) is 7.79. The molecule has 5 rings (SSSR count). The third-order valence-corrected chi connectivity index (χ3v) is 8.43. The normalized spacial score (nSPS) is 12.2. The first-order valence-electron chi connectivity index (χ1n) is 10.7. The van der Waals surface area contributed by atoms with Crippen LogP contribution in [0.15, 0.2) is 42.5 Å². The van der Waals surface area contributed by atoms with Crippen molar-refractivity contribution < 1.29 is 9.47 Å². The number of rotatable bonds is 2. The number of fused-ring (bicyclic) bond motifs is 4. The van der Waals surface area contributed by atoms with Gasteiger partial charge < -0.3 is 18.6 Å². The summed E-state index contributed by atoms with van der Waals surface area (Å²) in [6.07, 6.45) is 0. The van der Waals surface area contributed by atoms with E-state index in [1.165, 1.54) is 26.0 Å². The van der Waals surface area contributed by atoms with Gasteiger partial charge in [0, 0.05) is 14.1 Å². The second-order valence-corrected chi connectivity index (χ2v) is 11.2. The van der Waals surface area contributed by atoms with Crippen LogP contribution in [0.5, 0.6) is 11.5 Å². The van der Waals surface area contributed by atoms with Crippen molar-refractivity contribution in [1.29, 1.82) is 0 Å². The second kappa shape index (κ2) is 7.42. The number of hydrogen-bond acceptors (Lipinski definition) is 4. The molecule has 0 aliphatic carbocycles. The SMILES string of the molecule is COc1c2sc3cccc(C(C)(C)C)c3n(C)c2c(OC)c2sc3ccccc3n(C)c12. The Kier molecular flexibility index (Phi) is 4.91. The van der Waals surface area contributed by atoms with E-state index in [4.69, 9.17) is 9.47 Å². The fourth-order valence-electron chi connectivity index (χ4n) is 4.64. The maximum Gasteiger partial charge on any atom is 0.163 e. The summed E-state index contributed by atoms with van der Waals surface area (Å²) >= 11 is 3.52. The standard InChI is InChI=1S/C26H28N2O2S2/c1-26(2,3)15-11-10-14-18-19(15)28(5)21-23(30-7)24-20(22(29-6)25(21)32-18)27(4)16-12-8-9-13-17(16)31-24/h8-14H,1-7H3. The van der Waals surface area contributed by atoms with Crippen LogP contribution in [0.3, 0.4) is 0 Å². The van der Waals surface area contributed by atoms with E-state index >= 15 is 0 Å². The highest BCUT2D eigenvalue weighted by molar-refractivity contribution is 7.26. The topological polar surface area (TPSA) is 28.3 Å². The molecule has 2 aromatic heterocycles. The third-order valence-electron chi connectivity index (χ3n) is 6.14. The van der Waals surface area contributed by atoms with Crippen molar-refractivity contribution in [3.05, 3.63) is 48.0 Å². The van der Waals surface area contributed by atoms with Gasteiger partial charge in [0.2, 0.25) is 0 Å². The molecule has 0 bridgehead atoms. The molecule has 0 aliphatic rings. The van der Waals surface area contributed by atoms with Gasteiger partial charge in [-0.3, -0.25) is 0 Å². The number of para-hydroxylation sites is 2. The van der Waals surface area contributed by atoms with E-state index in [0.29, 0.717) is 0 Å². The zero-order chi connectivity index (χ0) is 22.8. The molecule has 0 aliphatic heterocycles. The fourth-order valence-corrected chi connectivity index (χ4v) is 7.23. The van der Waals surface area contributed by atoms with Gasteiger partial charge in [0.25, 0.3) is 0 Å². The molecule has 0 spiro atoms. The Hall–Kier alpha value is -2.70. The molecule has 166 valence electrons. The fraction of sp³-hybridized carbons (Fsp3) is 0.308. The van der Waals surface area contributed by atoms with Crippen molar-refractivity contribution in [2.75, 3.05) is 14.2 Å². The summed E-state index contributed by atoms with van der Waals surface area (Å²) < 4.78 is 21.4. The van der Waals surface area contributed by atoms with Gasteiger partial charge in [0.15, 0.2) is 11.5 Å². The van der Waals surface area contributed by atoms with E-state index in [1.807, 2.05) is 0 Å². The summed E-state index contributed by atoms with van der Waals surface area (Å²) in [4.78, 5) is 0. The Bertz CT molecular complexity index is 1560. The highest BCUT2D eigenvalue weighted by Crippen LogP contribution is 2.49. The molecule has 5 aromatic rings. The van der Waals surface area contributed by atoms with Crippen molar-refractivity contribution in [3.8, 4) is 11.5 Å². The molecule has 4 nitrogen and oxygen atoms in total. The minimum absolute atomic E-state index is 0.0249. The zero-order valence-electron chi connectivity index (χ0n) is 19.6. The molecule has 2 heterocycles. The highest BCUT2D eigenvalue weighted by Gasteiger charge is 2.25. The summed E-state index contributed by atoms with van der Waals surface area (Å²) in [6.45, 7) is 6.80. The van der Waals surface area contributed by atoms with Crippen LogP contribution in [0.1, 0.15) is 26.3 Å². The molecule has 0 saturated carbocycles. The van der Waals surface area contributed by atoms with E-state index in [1.54, 1.807) is 36.9 Å². The van der Waals surface area contributed by atoms with Crippen LogP contribution in [0.4, 0.5) is 0 Å². The van der Waals surface area contributed by atoms with Crippen LogP contribution in [0, 0.1) is 0 Å². The molecule has 0 saturated heterocycles. The lowest BCUT2D eigenvalue weighted by Gasteiger charge is -2.25. The molecule has 0 N–H and O–H groups in total. The largest absolute Gasteiger partial charge is 0.493 e. The number of hydrogen-bond donors (Lipinski definition) is 0. The van der Waals surface area contributed by atoms with Crippen LogP contribution in [0.25, 0.3) is 40.9 Å². The average molecular weight is 465 g/mol. The summed E-state index contributed by atoms with van der Waals surface area (Å²) in [5.74, 6) is 1.79. The zero-order valence-corrected chi connectivity index (χ0v) is 21.2.